The Bertz CT molecular complexity index is 846. The number of carbonyl (C=O) groups excluding carboxylic acids is 1. The molecule has 2 aromatic rings. The Balaban J connectivity index is 1.47. The van der Waals surface area contributed by atoms with Crippen molar-refractivity contribution in [3.8, 4) is 11.5 Å². The molecule has 0 bridgehead atoms. The van der Waals surface area contributed by atoms with E-state index in [0.717, 1.165) is 29.5 Å². The van der Waals surface area contributed by atoms with Crippen molar-refractivity contribution in [1.82, 2.24) is 10.6 Å². The van der Waals surface area contributed by atoms with Crippen molar-refractivity contribution in [3.05, 3.63) is 52.5 Å². The number of urea groups is 1. The minimum atomic E-state index is -0.159. The molecule has 7 heteroatoms. The molecule has 0 aromatic heterocycles. The molecule has 0 aliphatic carbocycles. The van der Waals surface area contributed by atoms with Gasteiger partial charge < -0.3 is 25.0 Å². The highest BCUT2D eigenvalue weighted by atomic mass is 79.9. The van der Waals surface area contributed by atoms with E-state index in [0.29, 0.717) is 24.0 Å². The van der Waals surface area contributed by atoms with Crippen LogP contribution < -0.4 is 25.0 Å². The molecule has 0 spiro atoms. The highest BCUT2D eigenvalue weighted by molar-refractivity contribution is 9.10. The van der Waals surface area contributed by atoms with Crippen LogP contribution >= 0.6 is 15.9 Å². The number of halogens is 1. The van der Waals surface area contributed by atoms with Gasteiger partial charge in [-0.15, -0.1) is 0 Å². The third-order valence-corrected chi connectivity index (χ3v) is 5.76. The molecule has 1 fully saturated rings. The fourth-order valence-electron chi connectivity index (χ4n) is 3.60. The molecule has 2 N–H and O–H groups in total. The fraction of sp³-hybridized carbons (Fsp3) is 0.409. The highest BCUT2D eigenvalue weighted by Crippen LogP contribution is 2.30. The third kappa shape index (κ3) is 5.56. The first kappa shape index (κ1) is 21.3. The number of benzene rings is 2. The maximum atomic E-state index is 12.4. The van der Waals surface area contributed by atoms with Gasteiger partial charge in [0.15, 0.2) is 11.5 Å². The van der Waals surface area contributed by atoms with Crippen molar-refractivity contribution in [3.63, 3.8) is 0 Å². The number of anilines is 1. The van der Waals surface area contributed by atoms with Gasteiger partial charge in [0.2, 0.25) is 0 Å². The van der Waals surface area contributed by atoms with E-state index in [1.54, 1.807) is 14.2 Å². The number of carbonyl (C=O) groups is 1. The number of hydrogen-bond acceptors (Lipinski definition) is 4. The van der Waals surface area contributed by atoms with Gasteiger partial charge in [0, 0.05) is 29.8 Å². The summed E-state index contributed by atoms with van der Waals surface area (Å²) in [5.74, 6) is 1.76. The highest BCUT2D eigenvalue weighted by Gasteiger charge is 2.23. The van der Waals surface area contributed by atoms with Crippen LogP contribution in [-0.4, -0.2) is 39.9 Å². The van der Waals surface area contributed by atoms with Crippen LogP contribution in [0.15, 0.2) is 46.9 Å². The van der Waals surface area contributed by atoms with Crippen molar-refractivity contribution in [2.24, 2.45) is 5.92 Å². The zero-order chi connectivity index (χ0) is 20.8. The maximum Gasteiger partial charge on any atom is 0.315 e. The fourth-order valence-corrected chi connectivity index (χ4v) is 3.98. The van der Waals surface area contributed by atoms with E-state index >= 15 is 0 Å². The quantitative estimate of drug-likeness (QED) is 0.642. The van der Waals surface area contributed by atoms with E-state index in [9.17, 15) is 4.79 Å². The summed E-state index contributed by atoms with van der Waals surface area (Å²) < 4.78 is 11.7. The molecule has 1 aliphatic heterocycles. The van der Waals surface area contributed by atoms with Crippen LogP contribution in [-0.2, 0) is 0 Å². The number of methoxy groups -OCH3 is 2. The molecule has 2 aromatic carbocycles. The predicted octanol–water partition coefficient (Wildman–Crippen LogP) is 4.35. The second-order valence-electron chi connectivity index (χ2n) is 7.27. The standard InChI is InChI=1S/C22H28BrN3O3/c1-15(17-7-8-20(28-2)21(11-17)29-3)25-22(27)24-13-16-9-10-26(14-16)19-6-4-5-18(23)12-19/h4-8,11-12,15-16H,9-10,13-14H2,1-3H3,(H2,24,25,27). The van der Waals surface area contributed by atoms with Gasteiger partial charge in [0.05, 0.1) is 20.3 Å². The van der Waals surface area contributed by atoms with Crippen LogP contribution in [0.25, 0.3) is 0 Å². The van der Waals surface area contributed by atoms with E-state index in [4.69, 9.17) is 9.47 Å². The summed E-state index contributed by atoms with van der Waals surface area (Å²) in [5.41, 5.74) is 2.17. The Kier molecular flexibility index (Phi) is 7.25. The van der Waals surface area contributed by atoms with Crippen molar-refractivity contribution in [2.45, 2.75) is 19.4 Å². The maximum absolute atomic E-state index is 12.4. The van der Waals surface area contributed by atoms with Crippen molar-refractivity contribution in [1.29, 1.82) is 0 Å². The number of nitrogens with zero attached hydrogens (tertiary/aromatic N) is 1. The van der Waals surface area contributed by atoms with E-state index in [-0.39, 0.29) is 12.1 Å². The van der Waals surface area contributed by atoms with Crippen LogP contribution in [0.4, 0.5) is 10.5 Å². The lowest BCUT2D eigenvalue weighted by molar-refractivity contribution is 0.236. The normalized spacial score (nSPS) is 17.0. The van der Waals surface area contributed by atoms with Gasteiger partial charge in [0.25, 0.3) is 0 Å². The van der Waals surface area contributed by atoms with Crippen molar-refractivity contribution < 1.29 is 14.3 Å². The molecule has 2 atom stereocenters. The molecule has 29 heavy (non-hydrogen) atoms. The van der Waals surface area contributed by atoms with Crippen molar-refractivity contribution in [2.75, 3.05) is 38.8 Å². The number of nitrogens with one attached hydrogen (secondary N) is 2. The molecule has 2 unspecified atom stereocenters. The Morgan fingerprint density at radius 3 is 2.72 bits per heavy atom. The summed E-state index contributed by atoms with van der Waals surface area (Å²) in [4.78, 5) is 14.7. The average molecular weight is 462 g/mol. The first-order valence-corrected chi connectivity index (χ1v) is 10.6. The van der Waals surface area contributed by atoms with E-state index in [1.807, 2.05) is 37.3 Å². The monoisotopic (exact) mass is 461 g/mol. The van der Waals surface area contributed by atoms with Gasteiger partial charge in [0.1, 0.15) is 0 Å². The SMILES string of the molecule is COc1ccc(C(C)NC(=O)NCC2CCN(c3cccc(Br)c3)C2)cc1OC. The smallest absolute Gasteiger partial charge is 0.315 e. The molecule has 0 radical (unpaired) electrons. The Labute approximate surface area is 180 Å². The van der Waals surface area contributed by atoms with Gasteiger partial charge in [-0.1, -0.05) is 28.1 Å². The summed E-state index contributed by atoms with van der Waals surface area (Å²) in [6.07, 6.45) is 1.07. The minimum absolute atomic E-state index is 0.142. The molecule has 156 valence electrons. The van der Waals surface area contributed by atoms with Crippen LogP contribution in [0.3, 0.4) is 0 Å². The zero-order valence-corrected chi connectivity index (χ0v) is 18.7. The lowest BCUT2D eigenvalue weighted by Gasteiger charge is -2.20. The van der Waals surface area contributed by atoms with E-state index in [2.05, 4.69) is 43.6 Å². The Morgan fingerprint density at radius 1 is 1.21 bits per heavy atom. The van der Waals surface area contributed by atoms with Crippen LogP contribution in [0.5, 0.6) is 11.5 Å². The first-order valence-electron chi connectivity index (χ1n) is 9.77. The van der Waals surface area contributed by atoms with Crippen LogP contribution in [0, 0.1) is 5.92 Å². The molecule has 2 amide bonds. The summed E-state index contributed by atoms with van der Waals surface area (Å²) in [6.45, 7) is 4.56. The molecule has 1 heterocycles. The zero-order valence-electron chi connectivity index (χ0n) is 17.1. The molecule has 0 saturated carbocycles. The largest absolute Gasteiger partial charge is 0.493 e. The minimum Gasteiger partial charge on any atom is -0.493 e. The van der Waals surface area contributed by atoms with Gasteiger partial charge in [-0.25, -0.2) is 4.79 Å². The summed E-state index contributed by atoms with van der Waals surface area (Å²) in [6, 6.07) is 13.7. The topological polar surface area (TPSA) is 62.8 Å². The van der Waals surface area contributed by atoms with E-state index < -0.39 is 0 Å². The lowest BCUT2D eigenvalue weighted by atomic mass is 10.1. The molecule has 3 rings (SSSR count). The van der Waals surface area contributed by atoms with Crippen LogP contribution in [0.1, 0.15) is 24.9 Å². The summed E-state index contributed by atoms with van der Waals surface area (Å²) >= 11 is 3.53. The Hall–Kier alpha value is -2.41. The molecule has 6 nitrogen and oxygen atoms in total. The van der Waals surface area contributed by atoms with E-state index in [1.165, 1.54) is 5.69 Å². The molecule has 1 aliphatic rings. The second kappa shape index (κ2) is 9.87. The van der Waals surface area contributed by atoms with Gasteiger partial charge in [-0.3, -0.25) is 0 Å². The van der Waals surface area contributed by atoms with Crippen LogP contribution in [0.2, 0.25) is 0 Å². The molecular formula is C22H28BrN3O3. The summed E-state index contributed by atoms with van der Waals surface area (Å²) in [7, 11) is 3.21. The average Bonchev–Trinajstić information content (AvgIpc) is 3.21. The number of ether oxygens (including phenoxy) is 2. The summed E-state index contributed by atoms with van der Waals surface area (Å²) in [5, 5.41) is 6.01. The number of amides is 2. The second-order valence-corrected chi connectivity index (χ2v) is 8.19. The van der Waals surface area contributed by atoms with Crippen molar-refractivity contribution >= 4 is 27.6 Å². The third-order valence-electron chi connectivity index (χ3n) is 5.27. The lowest BCUT2D eigenvalue weighted by Crippen LogP contribution is -2.40. The molecule has 1 saturated heterocycles. The van der Waals surface area contributed by atoms with Gasteiger partial charge in [-0.05, 0) is 55.2 Å². The molecular weight excluding hydrogens is 434 g/mol. The van der Waals surface area contributed by atoms with Gasteiger partial charge >= 0.3 is 6.03 Å². The van der Waals surface area contributed by atoms with Gasteiger partial charge in [-0.2, -0.15) is 0 Å². The first-order chi connectivity index (χ1) is 14.0. The number of hydrogen-bond donors (Lipinski definition) is 2. The number of rotatable bonds is 7. The Morgan fingerprint density at radius 2 is 2.00 bits per heavy atom. The predicted molar refractivity (Wildman–Crippen MR) is 119 cm³/mol.